The summed E-state index contributed by atoms with van der Waals surface area (Å²) in [5, 5.41) is 0. The van der Waals surface area contributed by atoms with Crippen LogP contribution in [0.2, 0.25) is 0 Å². The summed E-state index contributed by atoms with van der Waals surface area (Å²) in [6.07, 6.45) is 0. The normalized spacial score (nSPS) is 9.94. The Morgan fingerprint density at radius 1 is 1.44 bits per heavy atom. The number of esters is 1. The number of hydrogen-bond acceptors (Lipinski definition) is 6. The number of carbonyl (C=O) groups is 1. The van der Waals surface area contributed by atoms with E-state index in [0.717, 1.165) is 0 Å². The molecule has 0 aliphatic carbocycles. The maximum Gasteiger partial charge on any atom is 0.383 e. The van der Waals surface area contributed by atoms with Crippen LogP contribution in [0.15, 0.2) is 18.2 Å². The summed E-state index contributed by atoms with van der Waals surface area (Å²) < 4.78 is 15.6. The maximum absolute atomic E-state index is 11.2. The molecule has 0 N–H and O–H groups in total. The molecule has 5 nitrogen and oxygen atoms in total. The summed E-state index contributed by atoms with van der Waals surface area (Å²) in [6.45, 7) is 0.835. The van der Waals surface area contributed by atoms with Gasteiger partial charge in [0, 0.05) is 6.07 Å². The highest BCUT2D eigenvalue weighted by atomic mass is 127. The van der Waals surface area contributed by atoms with Crippen molar-refractivity contribution in [2.75, 3.05) is 20.3 Å². The molecule has 0 unspecified atom stereocenters. The fraction of sp³-hybridized carbons (Fsp3) is 0.333. The third-order valence-electron chi connectivity index (χ3n) is 1.68. The minimum absolute atomic E-state index is 0.227. The fourth-order valence-corrected chi connectivity index (χ4v) is 2.14. The van der Waals surface area contributed by atoms with Gasteiger partial charge < -0.3 is 13.7 Å². The van der Waals surface area contributed by atoms with E-state index in [9.17, 15) is 4.79 Å². The van der Waals surface area contributed by atoms with E-state index < -0.39 is 5.97 Å². The Hall–Kier alpha value is 0.255. The molecular formula is C9H10BI2NO4S. The van der Waals surface area contributed by atoms with E-state index in [1.807, 2.05) is 0 Å². The third-order valence-corrected chi connectivity index (χ3v) is 3.37. The highest BCUT2D eigenvalue weighted by Crippen LogP contribution is 2.20. The maximum atomic E-state index is 11.2. The second-order valence-electron chi connectivity index (χ2n) is 2.88. The number of rotatable bonds is 7. The molecular weight excluding hydrogens is 483 g/mol. The lowest BCUT2D eigenvalue weighted by atomic mass is 10.3. The zero-order valence-electron chi connectivity index (χ0n) is 9.47. The van der Waals surface area contributed by atoms with Gasteiger partial charge in [-0.1, -0.05) is 6.07 Å². The minimum atomic E-state index is -0.482. The second-order valence-corrected chi connectivity index (χ2v) is 10.3. The monoisotopic (exact) mass is 493 g/mol. The van der Waals surface area contributed by atoms with Crippen LogP contribution in [-0.2, 0) is 8.92 Å². The van der Waals surface area contributed by atoms with Gasteiger partial charge in [0.1, 0.15) is 6.61 Å². The predicted molar refractivity (Wildman–Crippen MR) is 88.4 cm³/mol. The van der Waals surface area contributed by atoms with Crippen LogP contribution < -0.4 is 4.74 Å². The Balaban J connectivity index is 2.36. The van der Waals surface area contributed by atoms with Crippen LogP contribution in [0.4, 0.5) is 0 Å². The lowest BCUT2D eigenvalue weighted by Gasteiger charge is -2.06. The van der Waals surface area contributed by atoms with Gasteiger partial charge in [-0.2, -0.15) is 0 Å². The largest absolute Gasteiger partial charge is 0.475 e. The molecule has 1 rings (SSSR count). The van der Waals surface area contributed by atoms with Crippen molar-refractivity contribution in [2.45, 2.75) is 0 Å². The average Bonchev–Trinajstić information content (AvgIpc) is 2.37. The summed E-state index contributed by atoms with van der Waals surface area (Å²) in [5.41, 5.74) is 0.227. The van der Waals surface area contributed by atoms with Crippen LogP contribution in [0.3, 0.4) is 0 Å². The molecule has 0 bridgehead atoms. The van der Waals surface area contributed by atoms with Crippen molar-refractivity contribution in [3.05, 3.63) is 23.9 Å². The van der Waals surface area contributed by atoms with Crippen molar-refractivity contribution < 1.29 is 18.5 Å². The van der Waals surface area contributed by atoms with Crippen molar-refractivity contribution >= 4 is 64.3 Å². The van der Waals surface area contributed by atoms with Gasteiger partial charge in [0.2, 0.25) is 5.88 Å². The molecule has 0 spiro atoms. The molecule has 0 aliphatic rings. The molecule has 0 aromatic carbocycles. The predicted octanol–water partition coefficient (Wildman–Crippen LogP) is 2.77. The summed E-state index contributed by atoms with van der Waals surface area (Å²) in [5.74, 6) is -0.100. The molecule has 98 valence electrons. The van der Waals surface area contributed by atoms with Crippen molar-refractivity contribution in [1.29, 1.82) is 0 Å². The molecule has 0 saturated carbocycles. The Labute approximate surface area is 137 Å². The van der Waals surface area contributed by atoms with Crippen molar-refractivity contribution in [3.63, 3.8) is 0 Å². The first-order chi connectivity index (χ1) is 8.63. The Morgan fingerprint density at radius 3 is 2.89 bits per heavy atom. The molecule has 1 aromatic heterocycles. The Morgan fingerprint density at radius 2 is 2.22 bits per heavy atom. The van der Waals surface area contributed by atoms with Crippen LogP contribution >= 0.6 is 56.6 Å². The minimum Gasteiger partial charge on any atom is -0.475 e. The van der Waals surface area contributed by atoms with E-state index in [4.69, 9.17) is 8.92 Å². The highest BCUT2D eigenvalue weighted by Gasteiger charge is 2.08. The number of pyridine rings is 1. The standard InChI is InChI=1S/C9H10BI2NO4S/c1-15-9(14)7-3-2-4-8(13-7)16-5-6-17-18-10(11)12/h2-4H,5-6H2,1H3. The molecule has 9 heteroatoms. The number of ether oxygens (including phenoxy) is 2. The molecule has 18 heavy (non-hydrogen) atoms. The molecule has 0 atom stereocenters. The van der Waals surface area contributed by atoms with Crippen LogP contribution in [0, 0.1) is 0 Å². The lowest BCUT2D eigenvalue weighted by molar-refractivity contribution is 0.0592. The first kappa shape index (κ1) is 16.3. The topological polar surface area (TPSA) is 57.7 Å². The zero-order chi connectivity index (χ0) is 13.4. The quantitative estimate of drug-likeness (QED) is 0.192. The van der Waals surface area contributed by atoms with Crippen LogP contribution in [0.5, 0.6) is 5.88 Å². The third kappa shape index (κ3) is 6.43. The second kappa shape index (κ2) is 9.21. The molecule has 0 radical (unpaired) electrons. The van der Waals surface area contributed by atoms with Gasteiger partial charge in [0.05, 0.1) is 13.7 Å². The summed E-state index contributed by atoms with van der Waals surface area (Å²) in [4.78, 5) is 15.3. The number of hydrogen-bond donors (Lipinski definition) is 0. The zero-order valence-corrected chi connectivity index (χ0v) is 14.6. The molecule has 1 aromatic rings. The number of methoxy groups -OCH3 is 1. The number of nitrogens with zero attached hydrogens (tertiary/aromatic N) is 1. The first-order valence-corrected chi connectivity index (χ1v) is 8.17. The Bertz CT molecular complexity index is 397. The smallest absolute Gasteiger partial charge is 0.383 e. The van der Waals surface area contributed by atoms with E-state index in [0.29, 0.717) is 20.8 Å². The highest BCUT2D eigenvalue weighted by molar-refractivity contribution is 14.3. The lowest BCUT2D eigenvalue weighted by Crippen LogP contribution is -2.08. The van der Waals surface area contributed by atoms with E-state index in [1.165, 1.54) is 19.0 Å². The van der Waals surface area contributed by atoms with Crippen LogP contribution in [0.25, 0.3) is 0 Å². The van der Waals surface area contributed by atoms with E-state index >= 15 is 0 Å². The molecule has 0 amide bonds. The molecule has 0 saturated heterocycles. The van der Waals surface area contributed by atoms with Gasteiger partial charge in [0.25, 0.3) is 0 Å². The van der Waals surface area contributed by atoms with E-state index in [1.54, 1.807) is 18.2 Å². The van der Waals surface area contributed by atoms with Gasteiger partial charge in [0.15, 0.2) is 5.69 Å². The van der Waals surface area contributed by atoms with E-state index in [-0.39, 0.29) is 5.69 Å². The Kier molecular flexibility index (Phi) is 8.34. The van der Waals surface area contributed by atoms with Gasteiger partial charge in [-0.15, -0.1) is 44.7 Å². The number of aromatic nitrogens is 1. The van der Waals surface area contributed by atoms with E-state index in [2.05, 4.69) is 54.5 Å². The van der Waals surface area contributed by atoms with Crippen LogP contribution in [0.1, 0.15) is 10.5 Å². The van der Waals surface area contributed by atoms with Gasteiger partial charge >= 0.3 is 7.67 Å². The summed E-state index contributed by atoms with van der Waals surface area (Å²) in [6, 6.07) is 4.94. The molecule has 1 heterocycles. The van der Waals surface area contributed by atoms with Crippen molar-refractivity contribution in [1.82, 2.24) is 4.98 Å². The van der Waals surface area contributed by atoms with Gasteiger partial charge in [-0.25, -0.2) is 9.78 Å². The van der Waals surface area contributed by atoms with Crippen molar-refractivity contribution in [2.24, 2.45) is 0 Å². The molecule has 0 fully saturated rings. The van der Waals surface area contributed by atoms with Gasteiger partial charge in [-0.05, 0) is 18.0 Å². The molecule has 0 aliphatic heterocycles. The summed E-state index contributed by atoms with van der Waals surface area (Å²) in [7, 11) is 1.31. The number of halogens is 2. The fourth-order valence-electron chi connectivity index (χ4n) is 0.993. The number of carbonyl (C=O) groups excluding carboxylic acids is 1. The SMILES string of the molecule is COC(=O)c1cccc(OCCOSB(I)I)n1. The average molecular weight is 493 g/mol. The first-order valence-electron chi connectivity index (χ1n) is 4.88. The van der Waals surface area contributed by atoms with Crippen molar-refractivity contribution in [3.8, 4) is 5.88 Å². The van der Waals surface area contributed by atoms with Crippen LogP contribution in [-0.4, -0.2) is 33.0 Å². The van der Waals surface area contributed by atoms with Gasteiger partial charge in [-0.3, -0.25) is 0 Å². The summed E-state index contributed by atoms with van der Waals surface area (Å²) >= 11 is 5.86.